The third-order valence-corrected chi connectivity index (χ3v) is 6.67. The second-order valence-corrected chi connectivity index (χ2v) is 10.3. The summed E-state index contributed by atoms with van der Waals surface area (Å²) >= 11 is 0. The van der Waals surface area contributed by atoms with E-state index in [4.69, 9.17) is 15.7 Å². The molecule has 1 fully saturated rings. The SMILES string of the molecule is CC(C)n1cnc2c(NCc3ccccc3-n3ccnc3C(C)(C)O)nc(N3CCC(N)CC3)nc21. The number of imidazole rings is 2. The Balaban J connectivity index is 1.50. The Kier molecular flexibility index (Phi) is 6.40. The Bertz CT molecular complexity index is 1340. The largest absolute Gasteiger partial charge is 0.382 e. The maximum absolute atomic E-state index is 10.6. The molecule has 0 aliphatic carbocycles. The van der Waals surface area contributed by atoms with E-state index < -0.39 is 5.60 Å². The zero-order valence-corrected chi connectivity index (χ0v) is 21.4. The molecule has 5 rings (SSSR count). The van der Waals surface area contributed by atoms with Gasteiger partial charge >= 0.3 is 0 Å². The highest BCUT2D eigenvalue weighted by Crippen LogP contribution is 2.28. The first-order chi connectivity index (χ1) is 17.2. The van der Waals surface area contributed by atoms with Gasteiger partial charge in [-0.1, -0.05) is 18.2 Å². The Morgan fingerprint density at radius 3 is 2.61 bits per heavy atom. The first kappa shape index (κ1) is 24.2. The van der Waals surface area contributed by atoms with Gasteiger partial charge in [0.25, 0.3) is 0 Å². The predicted octanol–water partition coefficient (Wildman–Crippen LogP) is 3.36. The number of hydrogen-bond donors (Lipinski definition) is 3. The Hall–Kier alpha value is -3.50. The molecule has 10 heteroatoms. The minimum Gasteiger partial charge on any atom is -0.382 e. The average molecular weight is 490 g/mol. The Labute approximate surface area is 211 Å². The van der Waals surface area contributed by atoms with Crippen molar-refractivity contribution in [1.82, 2.24) is 29.1 Å². The van der Waals surface area contributed by atoms with Crippen LogP contribution in [-0.4, -0.2) is 53.3 Å². The lowest BCUT2D eigenvalue weighted by atomic mass is 10.1. The van der Waals surface area contributed by atoms with Crippen LogP contribution in [0.5, 0.6) is 0 Å². The first-order valence-corrected chi connectivity index (χ1v) is 12.6. The number of nitrogens with zero attached hydrogens (tertiary/aromatic N) is 7. The molecule has 0 atom stereocenters. The molecule has 36 heavy (non-hydrogen) atoms. The number of aliphatic hydroxyl groups is 1. The third-order valence-electron chi connectivity index (χ3n) is 6.67. The van der Waals surface area contributed by atoms with Gasteiger partial charge in [-0.25, -0.2) is 9.97 Å². The lowest BCUT2D eigenvalue weighted by Gasteiger charge is -2.30. The van der Waals surface area contributed by atoms with Crippen LogP contribution in [0.2, 0.25) is 0 Å². The summed E-state index contributed by atoms with van der Waals surface area (Å²) in [5.74, 6) is 1.99. The van der Waals surface area contributed by atoms with Gasteiger partial charge in [0.05, 0.1) is 12.0 Å². The van der Waals surface area contributed by atoms with E-state index in [1.165, 1.54) is 0 Å². The normalized spacial score (nSPS) is 15.2. The van der Waals surface area contributed by atoms with Crippen molar-refractivity contribution in [2.45, 2.75) is 64.8 Å². The van der Waals surface area contributed by atoms with Gasteiger partial charge in [0, 0.05) is 44.1 Å². The first-order valence-electron chi connectivity index (χ1n) is 12.6. The van der Waals surface area contributed by atoms with Crippen LogP contribution in [0.3, 0.4) is 0 Å². The summed E-state index contributed by atoms with van der Waals surface area (Å²) in [6.45, 7) is 9.92. The van der Waals surface area contributed by atoms with E-state index in [2.05, 4.69) is 44.7 Å². The van der Waals surface area contributed by atoms with Crippen LogP contribution in [0.1, 0.15) is 58.0 Å². The van der Waals surface area contributed by atoms with Crippen LogP contribution >= 0.6 is 0 Å². The van der Waals surface area contributed by atoms with Crippen LogP contribution in [0.15, 0.2) is 43.0 Å². The summed E-state index contributed by atoms with van der Waals surface area (Å²) in [7, 11) is 0. The molecule has 0 spiro atoms. The number of anilines is 2. The maximum atomic E-state index is 10.6. The van der Waals surface area contributed by atoms with E-state index in [0.717, 1.165) is 48.3 Å². The summed E-state index contributed by atoms with van der Waals surface area (Å²) in [4.78, 5) is 21.1. The summed E-state index contributed by atoms with van der Waals surface area (Å²) in [6.07, 6.45) is 7.27. The maximum Gasteiger partial charge on any atom is 0.229 e. The molecule has 0 saturated carbocycles. The van der Waals surface area contributed by atoms with Crippen molar-refractivity contribution in [3.8, 4) is 5.69 Å². The van der Waals surface area contributed by atoms with Gasteiger partial charge in [-0.05, 0) is 52.2 Å². The van der Waals surface area contributed by atoms with Gasteiger partial charge in [0.1, 0.15) is 11.4 Å². The topological polar surface area (TPSA) is 123 Å². The molecule has 4 aromatic rings. The van der Waals surface area contributed by atoms with Crippen molar-refractivity contribution in [1.29, 1.82) is 0 Å². The molecule has 0 unspecified atom stereocenters. The number of nitrogens with two attached hydrogens (primary N) is 1. The summed E-state index contributed by atoms with van der Waals surface area (Å²) in [5.41, 5.74) is 8.62. The molecule has 1 aliphatic heterocycles. The van der Waals surface area contributed by atoms with Crippen LogP contribution in [0.4, 0.5) is 11.8 Å². The molecule has 1 aliphatic rings. The van der Waals surface area contributed by atoms with Gasteiger partial charge in [0.15, 0.2) is 17.0 Å². The van der Waals surface area contributed by atoms with Crippen molar-refractivity contribution in [3.05, 3.63) is 54.4 Å². The molecule has 0 amide bonds. The number of hydrogen-bond acceptors (Lipinski definition) is 8. The second kappa shape index (κ2) is 9.51. The fraction of sp³-hybridized carbons (Fsp3) is 0.462. The van der Waals surface area contributed by atoms with E-state index in [1.807, 2.05) is 35.3 Å². The van der Waals surface area contributed by atoms with E-state index >= 15 is 0 Å². The summed E-state index contributed by atoms with van der Waals surface area (Å²) in [6, 6.07) is 8.54. The van der Waals surface area contributed by atoms with Gasteiger partial charge in [-0.15, -0.1) is 0 Å². The predicted molar refractivity (Wildman–Crippen MR) is 141 cm³/mol. The van der Waals surface area contributed by atoms with Crippen LogP contribution < -0.4 is 16.0 Å². The number of aromatic nitrogens is 6. The molecule has 0 bridgehead atoms. The number of para-hydroxylation sites is 1. The minimum atomic E-state index is -1.07. The third kappa shape index (κ3) is 4.66. The highest BCUT2D eigenvalue weighted by Gasteiger charge is 2.24. The molecule has 1 saturated heterocycles. The molecule has 4 heterocycles. The highest BCUT2D eigenvalue weighted by molar-refractivity contribution is 5.84. The quantitative estimate of drug-likeness (QED) is 0.361. The smallest absolute Gasteiger partial charge is 0.229 e. The van der Waals surface area contributed by atoms with Gasteiger partial charge in [-0.3, -0.25) is 0 Å². The van der Waals surface area contributed by atoms with E-state index in [-0.39, 0.29) is 12.1 Å². The average Bonchev–Trinajstić information content (AvgIpc) is 3.51. The Morgan fingerprint density at radius 2 is 1.89 bits per heavy atom. The molecule has 3 aromatic heterocycles. The van der Waals surface area contributed by atoms with Crippen molar-refractivity contribution in [3.63, 3.8) is 0 Å². The molecular formula is C26H35N9O. The zero-order chi connectivity index (χ0) is 25.4. The van der Waals surface area contributed by atoms with Gasteiger partial charge in [0.2, 0.25) is 5.95 Å². The Morgan fingerprint density at radius 1 is 1.14 bits per heavy atom. The number of rotatable bonds is 7. The zero-order valence-electron chi connectivity index (χ0n) is 21.4. The number of fused-ring (bicyclic) bond motifs is 1. The molecule has 0 radical (unpaired) electrons. The molecule has 1 aromatic carbocycles. The fourth-order valence-corrected chi connectivity index (χ4v) is 4.67. The minimum absolute atomic E-state index is 0.225. The van der Waals surface area contributed by atoms with Gasteiger partial charge < -0.3 is 30.2 Å². The fourth-order valence-electron chi connectivity index (χ4n) is 4.67. The van der Waals surface area contributed by atoms with Gasteiger partial charge in [-0.2, -0.15) is 9.97 Å². The summed E-state index contributed by atoms with van der Waals surface area (Å²) in [5, 5.41) is 14.1. The van der Waals surface area contributed by atoms with Crippen LogP contribution in [0, 0.1) is 0 Å². The number of piperidine rings is 1. The van der Waals surface area contributed by atoms with Crippen molar-refractivity contribution in [2.75, 3.05) is 23.3 Å². The lowest BCUT2D eigenvalue weighted by molar-refractivity contribution is 0.0672. The van der Waals surface area contributed by atoms with Crippen molar-refractivity contribution in [2.24, 2.45) is 5.73 Å². The highest BCUT2D eigenvalue weighted by atomic mass is 16.3. The molecule has 190 valence electrons. The molecule has 4 N–H and O–H groups in total. The standard InChI is InChI=1S/C26H35N9O/c1-17(2)35-16-30-21-22(31-25(32-23(21)35)33-12-9-19(27)10-13-33)29-15-18-7-5-6-8-20(18)34-14-11-28-24(34)26(3,4)36/h5-8,11,14,16-17,19,36H,9-10,12-13,15,27H2,1-4H3,(H,29,31,32). The molecule has 10 nitrogen and oxygen atoms in total. The lowest BCUT2D eigenvalue weighted by Crippen LogP contribution is -2.40. The van der Waals surface area contributed by atoms with Crippen molar-refractivity contribution >= 4 is 22.9 Å². The van der Waals surface area contributed by atoms with E-state index in [0.29, 0.717) is 24.1 Å². The van der Waals surface area contributed by atoms with E-state index in [9.17, 15) is 5.11 Å². The number of benzene rings is 1. The summed E-state index contributed by atoms with van der Waals surface area (Å²) < 4.78 is 4.01. The van der Waals surface area contributed by atoms with Crippen molar-refractivity contribution < 1.29 is 5.11 Å². The second-order valence-electron chi connectivity index (χ2n) is 10.3. The number of nitrogens with one attached hydrogen (secondary N) is 1. The molecular weight excluding hydrogens is 454 g/mol. The monoisotopic (exact) mass is 489 g/mol. The van der Waals surface area contributed by atoms with Crippen LogP contribution in [0.25, 0.3) is 16.9 Å². The van der Waals surface area contributed by atoms with Crippen LogP contribution in [-0.2, 0) is 12.1 Å². The van der Waals surface area contributed by atoms with E-state index in [1.54, 1.807) is 20.0 Å².